The van der Waals surface area contributed by atoms with E-state index in [1.807, 2.05) is 30.3 Å². The van der Waals surface area contributed by atoms with Crippen molar-refractivity contribution in [3.63, 3.8) is 0 Å². The number of fused-ring (bicyclic) bond motifs is 1. The minimum atomic E-state index is -0.0291. The van der Waals surface area contributed by atoms with E-state index in [2.05, 4.69) is 26.3 Å². The molecule has 4 rings (SSSR count). The molecule has 3 heterocycles. The summed E-state index contributed by atoms with van der Waals surface area (Å²) in [6.07, 6.45) is 6.63. The summed E-state index contributed by atoms with van der Waals surface area (Å²) in [6, 6.07) is 13.6. The van der Waals surface area contributed by atoms with Gasteiger partial charge in [-0.25, -0.2) is 4.98 Å². The van der Waals surface area contributed by atoms with Crippen LogP contribution in [0.25, 0.3) is 10.8 Å². The maximum absolute atomic E-state index is 12.7. The average Bonchev–Trinajstić information content (AvgIpc) is 2.74. The van der Waals surface area contributed by atoms with Crippen molar-refractivity contribution in [3.8, 4) is 6.07 Å². The Hall–Kier alpha value is -3.46. The fraction of sp³-hybridized carbons (Fsp3) is 0.238. The van der Waals surface area contributed by atoms with Gasteiger partial charge in [-0.1, -0.05) is 24.3 Å². The van der Waals surface area contributed by atoms with E-state index >= 15 is 0 Å². The summed E-state index contributed by atoms with van der Waals surface area (Å²) in [5, 5.41) is 13.9. The van der Waals surface area contributed by atoms with Crippen molar-refractivity contribution in [2.45, 2.75) is 12.8 Å². The van der Waals surface area contributed by atoms with Crippen LogP contribution < -0.4 is 10.2 Å². The SMILES string of the molecule is N#Cc1ccc(N2CCC(C(=O)Nc3cncc4ccccc34)CC2)nc1. The molecule has 6 nitrogen and oxygen atoms in total. The molecule has 0 saturated carbocycles. The zero-order valence-corrected chi connectivity index (χ0v) is 14.8. The van der Waals surface area contributed by atoms with E-state index in [1.165, 1.54) is 0 Å². The Morgan fingerprint density at radius 3 is 2.67 bits per heavy atom. The van der Waals surface area contributed by atoms with Crippen LogP contribution in [-0.2, 0) is 4.79 Å². The molecule has 3 aromatic rings. The summed E-state index contributed by atoms with van der Waals surface area (Å²) in [5.74, 6) is 0.866. The lowest BCUT2D eigenvalue weighted by Gasteiger charge is -2.32. The molecule has 0 aliphatic carbocycles. The normalized spacial score (nSPS) is 14.7. The molecule has 1 aliphatic heterocycles. The molecule has 1 N–H and O–H groups in total. The number of nitriles is 1. The maximum atomic E-state index is 12.7. The highest BCUT2D eigenvalue weighted by molar-refractivity contribution is 6.02. The third kappa shape index (κ3) is 3.58. The molecule has 0 radical (unpaired) electrons. The predicted molar refractivity (Wildman–Crippen MR) is 104 cm³/mol. The van der Waals surface area contributed by atoms with E-state index in [0.717, 1.165) is 48.2 Å². The van der Waals surface area contributed by atoms with Gasteiger partial charge in [-0.15, -0.1) is 0 Å². The minimum absolute atomic E-state index is 0.0291. The summed E-state index contributed by atoms with van der Waals surface area (Å²) in [7, 11) is 0. The number of nitrogens with zero attached hydrogens (tertiary/aromatic N) is 4. The van der Waals surface area contributed by atoms with Crippen molar-refractivity contribution in [2.75, 3.05) is 23.3 Å². The topological polar surface area (TPSA) is 81.9 Å². The van der Waals surface area contributed by atoms with Crippen LogP contribution >= 0.6 is 0 Å². The van der Waals surface area contributed by atoms with E-state index in [1.54, 1.807) is 24.7 Å². The van der Waals surface area contributed by atoms with Crippen molar-refractivity contribution in [3.05, 3.63) is 60.6 Å². The van der Waals surface area contributed by atoms with Gasteiger partial charge in [-0.3, -0.25) is 9.78 Å². The summed E-state index contributed by atoms with van der Waals surface area (Å²) >= 11 is 0. The molecule has 0 atom stereocenters. The summed E-state index contributed by atoms with van der Waals surface area (Å²) in [6.45, 7) is 1.54. The van der Waals surface area contributed by atoms with Crippen LogP contribution in [0.2, 0.25) is 0 Å². The number of hydrogen-bond acceptors (Lipinski definition) is 5. The summed E-state index contributed by atoms with van der Waals surface area (Å²) < 4.78 is 0. The molecule has 134 valence electrons. The lowest BCUT2D eigenvalue weighted by Crippen LogP contribution is -2.38. The Labute approximate surface area is 157 Å². The first-order chi connectivity index (χ1) is 13.2. The second-order valence-electron chi connectivity index (χ2n) is 6.68. The third-order valence-electron chi connectivity index (χ3n) is 4.99. The lowest BCUT2D eigenvalue weighted by atomic mass is 9.95. The maximum Gasteiger partial charge on any atom is 0.227 e. The zero-order valence-electron chi connectivity index (χ0n) is 14.8. The second kappa shape index (κ2) is 7.42. The Morgan fingerprint density at radius 2 is 1.93 bits per heavy atom. The molecular formula is C21H19N5O. The third-order valence-corrected chi connectivity index (χ3v) is 4.99. The highest BCUT2D eigenvalue weighted by Crippen LogP contribution is 2.26. The average molecular weight is 357 g/mol. The van der Waals surface area contributed by atoms with Crippen molar-refractivity contribution >= 4 is 28.2 Å². The first-order valence-corrected chi connectivity index (χ1v) is 8.99. The Balaban J connectivity index is 1.40. The largest absolute Gasteiger partial charge is 0.357 e. The fourth-order valence-electron chi connectivity index (χ4n) is 3.46. The highest BCUT2D eigenvalue weighted by Gasteiger charge is 2.26. The van der Waals surface area contributed by atoms with E-state index in [4.69, 9.17) is 5.26 Å². The zero-order chi connectivity index (χ0) is 18.6. The first kappa shape index (κ1) is 17.0. The molecule has 1 fully saturated rings. The van der Waals surface area contributed by atoms with Gasteiger partial charge in [0.25, 0.3) is 0 Å². The van der Waals surface area contributed by atoms with E-state index in [0.29, 0.717) is 5.56 Å². The molecule has 0 spiro atoms. The number of carbonyl (C=O) groups excluding carboxylic acids is 1. The molecule has 0 bridgehead atoms. The van der Waals surface area contributed by atoms with E-state index in [9.17, 15) is 4.79 Å². The van der Waals surface area contributed by atoms with Crippen LogP contribution in [0.15, 0.2) is 55.0 Å². The van der Waals surface area contributed by atoms with Gasteiger partial charge in [0, 0.05) is 42.2 Å². The van der Waals surface area contributed by atoms with Gasteiger partial charge in [0.1, 0.15) is 11.9 Å². The smallest absolute Gasteiger partial charge is 0.227 e. The van der Waals surface area contributed by atoms with E-state index in [-0.39, 0.29) is 11.8 Å². The number of anilines is 2. The molecule has 6 heteroatoms. The number of nitrogens with one attached hydrogen (secondary N) is 1. The van der Waals surface area contributed by atoms with E-state index < -0.39 is 0 Å². The Kier molecular flexibility index (Phi) is 4.67. The number of benzene rings is 1. The molecular weight excluding hydrogens is 338 g/mol. The van der Waals surface area contributed by atoms with Gasteiger partial charge in [0.2, 0.25) is 5.91 Å². The van der Waals surface area contributed by atoms with Gasteiger partial charge in [-0.05, 0) is 25.0 Å². The number of aromatic nitrogens is 2. The highest BCUT2D eigenvalue weighted by atomic mass is 16.1. The van der Waals surface area contributed by atoms with Crippen molar-refractivity contribution in [1.29, 1.82) is 5.26 Å². The summed E-state index contributed by atoms with van der Waals surface area (Å²) in [4.78, 5) is 23.4. The first-order valence-electron chi connectivity index (χ1n) is 8.99. The molecule has 27 heavy (non-hydrogen) atoms. The number of carbonyl (C=O) groups is 1. The van der Waals surface area contributed by atoms with Crippen molar-refractivity contribution in [2.24, 2.45) is 5.92 Å². The quantitative estimate of drug-likeness (QED) is 0.777. The number of rotatable bonds is 3. The van der Waals surface area contributed by atoms with Crippen molar-refractivity contribution < 1.29 is 4.79 Å². The van der Waals surface area contributed by atoms with Gasteiger partial charge >= 0.3 is 0 Å². The molecule has 2 aromatic heterocycles. The minimum Gasteiger partial charge on any atom is -0.357 e. The molecule has 0 unspecified atom stereocenters. The van der Waals surface area contributed by atoms with Gasteiger partial charge in [0.15, 0.2) is 0 Å². The molecule has 1 saturated heterocycles. The number of amides is 1. The summed E-state index contributed by atoms with van der Waals surface area (Å²) in [5.41, 5.74) is 1.31. The lowest BCUT2D eigenvalue weighted by molar-refractivity contribution is -0.120. The van der Waals surface area contributed by atoms with Crippen LogP contribution in [0.3, 0.4) is 0 Å². The van der Waals surface area contributed by atoms with Crippen LogP contribution in [-0.4, -0.2) is 29.0 Å². The van der Waals surface area contributed by atoms with Crippen LogP contribution in [0.4, 0.5) is 11.5 Å². The van der Waals surface area contributed by atoms with Crippen LogP contribution in [0.5, 0.6) is 0 Å². The van der Waals surface area contributed by atoms with Gasteiger partial charge in [-0.2, -0.15) is 5.26 Å². The van der Waals surface area contributed by atoms with Gasteiger partial charge < -0.3 is 10.2 Å². The molecule has 1 amide bonds. The monoisotopic (exact) mass is 357 g/mol. The standard InChI is InChI=1S/C21H19N5O/c22-11-15-5-6-20(24-12-15)26-9-7-16(8-10-26)21(27)25-19-14-23-13-17-3-1-2-4-18(17)19/h1-6,12-14,16H,7-10H2,(H,25,27). The number of piperidine rings is 1. The molecule has 1 aromatic carbocycles. The predicted octanol–water partition coefficient (Wildman–Crippen LogP) is 3.36. The Morgan fingerprint density at radius 1 is 1.11 bits per heavy atom. The fourth-order valence-corrected chi connectivity index (χ4v) is 3.46. The second-order valence-corrected chi connectivity index (χ2v) is 6.68. The Bertz CT molecular complexity index is 996. The van der Waals surface area contributed by atoms with Crippen molar-refractivity contribution in [1.82, 2.24) is 9.97 Å². The molecule has 1 aliphatic rings. The van der Waals surface area contributed by atoms with Crippen LogP contribution in [0.1, 0.15) is 18.4 Å². The van der Waals surface area contributed by atoms with Crippen LogP contribution in [0, 0.1) is 17.2 Å². The number of pyridine rings is 2. The number of hydrogen-bond donors (Lipinski definition) is 1. The van der Waals surface area contributed by atoms with Gasteiger partial charge in [0.05, 0.1) is 17.4 Å².